The molecule has 0 amide bonds. The molecule has 134 valence electrons. The molecule has 0 spiro atoms. The van der Waals surface area contributed by atoms with Gasteiger partial charge in [0.25, 0.3) is 0 Å². The second kappa shape index (κ2) is 7.23. The van der Waals surface area contributed by atoms with Crippen molar-refractivity contribution < 1.29 is 14.6 Å². The highest BCUT2D eigenvalue weighted by molar-refractivity contribution is 6.07. The second-order valence-corrected chi connectivity index (χ2v) is 6.72. The minimum absolute atomic E-state index is 0.0975. The Morgan fingerprint density at radius 2 is 2.20 bits per heavy atom. The summed E-state index contributed by atoms with van der Waals surface area (Å²) in [7, 11) is 0. The zero-order chi connectivity index (χ0) is 18.0. The van der Waals surface area contributed by atoms with Crippen LogP contribution in [0.1, 0.15) is 31.7 Å². The standard InChI is InChI=1S/C18H24N4O3/c1-11(2)21-15-5-6-22(8-14(15)17(19)18(23)24)16-4-3-12(7-20-16)13-9-25-10-13/h3-4,7,11,13H,5-6,8-10,19H2,1-2H3,(H,23,24)/b17-14-,21-15?. The van der Waals surface area contributed by atoms with Crippen molar-refractivity contribution in [1.82, 2.24) is 4.98 Å². The number of nitrogens with zero attached hydrogens (tertiary/aromatic N) is 3. The van der Waals surface area contributed by atoms with E-state index in [0.717, 1.165) is 31.3 Å². The average molecular weight is 344 g/mol. The van der Waals surface area contributed by atoms with Gasteiger partial charge in [0.1, 0.15) is 11.5 Å². The van der Waals surface area contributed by atoms with Crippen LogP contribution in [0.4, 0.5) is 5.82 Å². The Labute approximate surface area is 147 Å². The van der Waals surface area contributed by atoms with Gasteiger partial charge in [-0.1, -0.05) is 6.07 Å². The van der Waals surface area contributed by atoms with Gasteiger partial charge in [0, 0.05) is 49.0 Å². The van der Waals surface area contributed by atoms with Crippen molar-refractivity contribution in [1.29, 1.82) is 0 Å². The van der Waals surface area contributed by atoms with Crippen molar-refractivity contribution in [2.45, 2.75) is 32.2 Å². The molecule has 2 saturated heterocycles. The van der Waals surface area contributed by atoms with Gasteiger partial charge in [-0.15, -0.1) is 0 Å². The first-order valence-electron chi connectivity index (χ1n) is 8.53. The molecule has 1 aromatic rings. The molecule has 3 N–H and O–H groups in total. The predicted octanol–water partition coefficient (Wildman–Crippen LogP) is 1.55. The van der Waals surface area contributed by atoms with E-state index in [1.807, 2.05) is 31.0 Å². The maximum absolute atomic E-state index is 11.3. The van der Waals surface area contributed by atoms with Crippen LogP contribution < -0.4 is 10.6 Å². The number of aromatic nitrogens is 1. The number of ether oxygens (including phenoxy) is 1. The van der Waals surface area contributed by atoms with Crippen LogP contribution in [0, 0.1) is 0 Å². The summed E-state index contributed by atoms with van der Waals surface area (Å²) >= 11 is 0. The zero-order valence-corrected chi connectivity index (χ0v) is 14.6. The summed E-state index contributed by atoms with van der Waals surface area (Å²) in [6.07, 6.45) is 2.53. The molecule has 2 fully saturated rings. The minimum Gasteiger partial charge on any atom is -0.477 e. The number of carboxylic acid groups (broad SMARTS) is 1. The Morgan fingerprint density at radius 1 is 1.44 bits per heavy atom. The van der Waals surface area contributed by atoms with Crippen LogP contribution in [0.15, 0.2) is 34.6 Å². The molecular weight excluding hydrogens is 320 g/mol. The second-order valence-electron chi connectivity index (χ2n) is 6.72. The van der Waals surface area contributed by atoms with Crippen molar-refractivity contribution in [3.05, 3.63) is 35.2 Å². The number of nitrogens with two attached hydrogens (primary N) is 1. The predicted molar refractivity (Wildman–Crippen MR) is 96.0 cm³/mol. The van der Waals surface area contributed by atoms with E-state index < -0.39 is 5.97 Å². The topological polar surface area (TPSA) is 101 Å². The zero-order valence-electron chi connectivity index (χ0n) is 14.6. The molecule has 7 nitrogen and oxygen atoms in total. The van der Waals surface area contributed by atoms with Crippen molar-refractivity contribution >= 4 is 17.5 Å². The highest BCUT2D eigenvalue weighted by Crippen LogP contribution is 2.26. The van der Waals surface area contributed by atoms with Gasteiger partial charge in [0.05, 0.1) is 13.2 Å². The molecule has 3 rings (SSSR count). The molecule has 0 unspecified atom stereocenters. The Morgan fingerprint density at radius 3 is 2.72 bits per heavy atom. The first kappa shape index (κ1) is 17.4. The monoisotopic (exact) mass is 344 g/mol. The normalized spacial score (nSPS) is 22.2. The largest absolute Gasteiger partial charge is 0.477 e. The number of carbonyl (C=O) groups is 1. The molecular formula is C18H24N4O3. The van der Waals surface area contributed by atoms with Crippen LogP contribution in [-0.4, -0.2) is 54.1 Å². The fourth-order valence-electron chi connectivity index (χ4n) is 3.03. The Kier molecular flexibility index (Phi) is 5.03. The van der Waals surface area contributed by atoms with Crippen molar-refractivity contribution in [3.8, 4) is 0 Å². The summed E-state index contributed by atoms with van der Waals surface area (Å²) in [5, 5.41) is 9.29. The summed E-state index contributed by atoms with van der Waals surface area (Å²) < 4.78 is 5.22. The highest BCUT2D eigenvalue weighted by atomic mass is 16.5. The molecule has 1 aromatic heterocycles. The SMILES string of the molecule is CC(C)N=C1CCN(c2ccc(C3COC3)cn2)C/C1=C(/N)C(=O)O. The molecule has 3 heterocycles. The third-order valence-electron chi connectivity index (χ3n) is 4.49. The van der Waals surface area contributed by atoms with E-state index in [2.05, 4.69) is 16.0 Å². The molecule has 0 atom stereocenters. The van der Waals surface area contributed by atoms with Gasteiger partial charge in [0.15, 0.2) is 0 Å². The number of aliphatic carboxylic acids is 1. The van der Waals surface area contributed by atoms with Crippen LogP contribution in [0.5, 0.6) is 0 Å². The Hall–Kier alpha value is -2.41. The summed E-state index contributed by atoms with van der Waals surface area (Å²) in [6.45, 7) is 6.59. The van der Waals surface area contributed by atoms with Crippen LogP contribution in [0.3, 0.4) is 0 Å². The lowest BCUT2D eigenvalue weighted by Gasteiger charge is -2.32. The summed E-state index contributed by atoms with van der Waals surface area (Å²) in [6, 6.07) is 4.14. The van der Waals surface area contributed by atoms with Gasteiger partial charge in [-0.05, 0) is 25.5 Å². The van der Waals surface area contributed by atoms with Crippen molar-refractivity contribution in [2.24, 2.45) is 10.7 Å². The fourth-order valence-corrected chi connectivity index (χ4v) is 3.03. The number of hydrogen-bond acceptors (Lipinski definition) is 6. The molecule has 0 radical (unpaired) electrons. The van der Waals surface area contributed by atoms with Gasteiger partial charge in [-0.25, -0.2) is 9.78 Å². The van der Waals surface area contributed by atoms with Crippen LogP contribution >= 0.6 is 0 Å². The van der Waals surface area contributed by atoms with Crippen molar-refractivity contribution in [3.63, 3.8) is 0 Å². The first-order chi connectivity index (χ1) is 12.0. The Bertz CT molecular complexity index is 706. The van der Waals surface area contributed by atoms with Gasteiger partial charge in [-0.2, -0.15) is 0 Å². The maximum atomic E-state index is 11.3. The average Bonchev–Trinajstić information content (AvgIpc) is 2.53. The van der Waals surface area contributed by atoms with Crippen LogP contribution in [0.2, 0.25) is 0 Å². The molecule has 0 aromatic carbocycles. The molecule has 7 heteroatoms. The molecule has 25 heavy (non-hydrogen) atoms. The summed E-state index contributed by atoms with van der Waals surface area (Å²) in [4.78, 5) is 22.5. The fraction of sp³-hybridized carbons (Fsp3) is 0.500. The smallest absolute Gasteiger partial charge is 0.352 e. The van der Waals surface area contributed by atoms with E-state index in [0.29, 0.717) is 24.5 Å². The number of aliphatic imine (C=N–C) groups is 1. The van der Waals surface area contributed by atoms with E-state index in [9.17, 15) is 9.90 Å². The summed E-state index contributed by atoms with van der Waals surface area (Å²) in [5.74, 6) is 0.149. The number of piperidine rings is 1. The summed E-state index contributed by atoms with van der Waals surface area (Å²) in [5.41, 5.74) is 8.24. The maximum Gasteiger partial charge on any atom is 0.352 e. The minimum atomic E-state index is -1.11. The number of pyridine rings is 1. The molecule has 2 aliphatic heterocycles. The first-order valence-corrected chi connectivity index (χ1v) is 8.53. The van der Waals surface area contributed by atoms with Gasteiger partial charge in [-0.3, -0.25) is 4.99 Å². The molecule has 0 saturated carbocycles. The molecule has 0 aliphatic carbocycles. The van der Waals surface area contributed by atoms with Gasteiger partial charge >= 0.3 is 5.97 Å². The van der Waals surface area contributed by atoms with Crippen LogP contribution in [0.25, 0.3) is 0 Å². The van der Waals surface area contributed by atoms with Gasteiger partial charge in [0.2, 0.25) is 0 Å². The number of hydrogen-bond donors (Lipinski definition) is 2. The Balaban J connectivity index is 1.82. The van der Waals surface area contributed by atoms with E-state index in [1.54, 1.807) is 0 Å². The lowest BCUT2D eigenvalue weighted by molar-refractivity contribution is -0.132. The lowest BCUT2D eigenvalue weighted by Crippen LogP contribution is -2.39. The third kappa shape index (κ3) is 3.82. The van der Waals surface area contributed by atoms with E-state index >= 15 is 0 Å². The quantitative estimate of drug-likeness (QED) is 0.804. The number of rotatable bonds is 4. The molecule has 0 bridgehead atoms. The van der Waals surface area contributed by atoms with E-state index in [4.69, 9.17) is 10.5 Å². The number of carboxylic acids is 1. The number of anilines is 1. The highest BCUT2D eigenvalue weighted by Gasteiger charge is 2.26. The van der Waals surface area contributed by atoms with E-state index in [-0.39, 0.29) is 11.7 Å². The van der Waals surface area contributed by atoms with Gasteiger partial charge < -0.3 is 20.5 Å². The molecule has 2 aliphatic rings. The van der Waals surface area contributed by atoms with E-state index in [1.165, 1.54) is 5.56 Å². The third-order valence-corrected chi connectivity index (χ3v) is 4.49. The lowest BCUT2D eigenvalue weighted by atomic mass is 9.98. The van der Waals surface area contributed by atoms with Crippen LogP contribution in [-0.2, 0) is 9.53 Å². The van der Waals surface area contributed by atoms with Crippen molar-refractivity contribution in [2.75, 3.05) is 31.2 Å².